The maximum atomic E-state index is 12.6. The van der Waals surface area contributed by atoms with Gasteiger partial charge in [-0.05, 0) is 44.2 Å². The number of rotatable bonds is 7. The lowest BCUT2D eigenvalue weighted by atomic mass is 9.97. The summed E-state index contributed by atoms with van der Waals surface area (Å²) in [5, 5.41) is 4.01. The zero-order valence-corrected chi connectivity index (χ0v) is 17.8. The Bertz CT molecular complexity index is 796. The predicted molar refractivity (Wildman–Crippen MR) is 115 cm³/mol. The summed E-state index contributed by atoms with van der Waals surface area (Å²) in [5.41, 5.74) is 1.23. The Morgan fingerprint density at radius 3 is 2.93 bits per heavy atom. The first kappa shape index (κ1) is 20.6. The Hall–Kier alpha value is -2.08. The van der Waals surface area contributed by atoms with Crippen LogP contribution in [0.1, 0.15) is 38.7 Å². The highest BCUT2D eigenvalue weighted by Crippen LogP contribution is 2.34. The average molecular weight is 399 g/mol. The number of aromatic nitrogens is 2. The fraction of sp³-hybridized carbons (Fsp3) is 0.500. The van der Waals surface area contributed by atoms with Crippen molar-refractivity contribution in [2.45, 2.75) is 50.0 Å². The minimum atomic E-state index is 0.0136. The van der Waals surface area contributed by atoms with E-state index < -0.39 is 0 Å². The van der Waals surface area contributed by atoms with Gasteiger partial charge in [-0.2, -0.15) is 0 Å². The van der Waals surface area contributed by atoms with Crippen molar-refractivity contribution in [1.29, 1.82) is 0 Å². The molecule has 0 spiro atoms. The smallest absolute Gasteiger partial charge is 0.224 e. The van der Waals surface area contributed by atoms with Crippen LogP contribution in [0.5, 0.6) is 0 Å². The normalized spacial score (nSPS) is 17.0. The molecular formula is C22H30N4OS. The van der Waals surface area contributed by atoms with E-state index in [1.165, 1.54) is 5.56 Å². The fourth-order valence-corrected chi connectivity index (χ4v) is 4.41. The van der Waals surface area contributed by atoms with E-state index in [4.69, 9.17) is 0 Å². The fourth-order valence-electron chi connectivity index (χ4n) is 3.41. The van der Waals surface area contributed by atoms with Crippen molar-refractivity contribution in [2.75, 3.05) is 24.5 Å². The van der Waals surface area contributed by atoms with Gasteiger partial charge in [0.15, 0.2) is 5.82 Å². The van der Waals surface area contributed by atoms with Gasteiger partial charge in [0.25, 0.3) is 0 Å². The minimum Gasteiger partial charge on any atom is -0.356 e. The third-order valence-electron chi connectivity index (χ3n) is 4.96. The molecular weight excluding hydrogens is 368 g/mol. The van der Waals surface area contributed by atoms with E-state index in [0.717, 1.165) is 48.1 Å². The van der Waals surface area contributed by atoms with Crippen molar-refractivity contribution < 1.29 is 4.79 Å². The molecule has 6 heteroatoms. The SMILES string of the molecule is Cc1cccc(Sc2nccnc2N2CCC[C@@H](C(=O)NCCC(C)C)C2)c1. The van der Waals surface area contributed by atoms with Crippen LogP contribution >= 0.6 is 11.8 Å². The quantitative estimate of drug-likeness (QED) is 0.753. The van der Waals surface area contributed by atoms with Crippen LogP contribution in [-0.4, -0.2) is 35.5 Å². The lowest BCUT2D eigenvalue weighted by Crippen LogP contribution is -2.44. The largest absolute Gasteiger partial charge is 0.356 e. The van der Waals surface area contributed by atoms with Gasteiger partial charge in [-0.15, -0.1) is 0 Å². The molecule has 1 aliphatic heterocycles. The monoisotopic (exact) mass is 398 g/mol. The Morgan fingerprint density at radius 1 is 1.32 bits per heavy atom. The van der Waals surface area contributed by atoms with E-state index in [1.807, 2.05) is 0 Å². The van der Waals surface area contributed by atoms with Crippen LogP contribution in [-0.2, 0) is 4.79 Å². The van der Waals surface area contributed by atoms with Gasteiger partial charge in [0.1, 0.15) is 5.03 Å². The molecule has 1 atom stereocenters. The summed E-state index contributed by atoms with van der Waals surface area (Å²) >= 11 is 1.63. The Labute approximate surface area is 172 Å². The summed E-state index contributed by atoms with van der Waals surface area (Å²) in [5.74, 6) is 1.67. The van der Waals surface area contributed by atoms with Gasteiger partial charge >= 0.3 is 0 Å². The molecule has 0 radical (unpaired) electrons. The first-order valence-electron chi connectivity index (χ1n) is 10.1. The predicted octanol–water partition coefficient (Wildman–Crippen LogP) is 4.31. The Kier molecular flexibility index (Phi) is 7.31. The molecule has 1 fully saturated rings. The summed E-state index contributed by atoms with van der Waals surface area (Å²) in [6.07, 6.45) is 6.42. The molecule has 0 unspecified atom stereocenters. The second-order valence-electron chi connectivity index (χ2n) is 7.86. The number of aryl methyl sites for hydroxylation is 1. The molecule has 1 aromatic heterocycles. The van der Waals surface area contributed by atoms with E-state index in [1.54, 1.807) is 24.2 Å². The summed E-state index contributed by atoms with van der Waals surface area (Å²) in [6, 6.07) is 8.41. The standard InChI is InChI=1S/C22H30N4OS/c1-16(2)9-10-24-21(27)18-7-5-13-26(15-18)20-22(25-12-11-23-20)28-19-8-4-6-17(3)14-19/h4,6,8,11-12,14,16,18H,5,7,9-10,13,15H2,1-3H3,(H,24,27)/t18-/m1/s1. The average Bonchev–Trinajstić information content (AvgIpc) is 2.68. The number of benzene rings is 1. The highest BCUT2D eigenvalue weighted by molar-refractivity contribution is 7.99. The Morgan fingerprint density at radius 2 is 2.14 bits per heavy atom. The molecule has 150 valence electrons. The summed E-state index contributed by atoms with van der Waals surface area (Å²) in [6.45, 7) is 8.82. The Balaban J connectivity index is 1.68. The van der Waals surface area contributed by atoms with E-state index in [9.17, 15) is 4.79 Å². The van der Waals surface area contributed by atoms with Gasteiger partial charge in [0.05, 0.1) is 5.92 Å². The van der Waals surface area contributed by atoms with Crippen LogP contribution in [0.25, 0.3) is 0 Å². The third kappa shape index (κ3) is 5.71. The van der Waals surface area contributed by atoms with Crippen LogP contribution in [0.2, 0.25) is 0 Å². The topological polar surface area (TPSA) is 58.1 Å². The maximum absolute atomic E-state index is 12.6. The van der Waals surface area contributed by atoms with Crippen LogP contribution in [0.3, 0.4) is 0 Å². The van der Waals surface area contributed by atoms with Crippen LogP contribution in [0.4, 0.5) is 5.82 Å². The maximum Gasteiger partial charge on any atom is 0.224 e. The molecule has 1 N–H and O–H groups in total. The molecule has 1 amide bonds. The molecule has 28 heavy (non-hydrogen) atoms. The van der Waals surface area contributed by atoms with Gasteiger partial charge in [-0.25, -0.2) is 9.97 Å². The van der Waals surface area contributed by atoms with Crippen molar-refractivity contribution >= 4 is 23.5 Å². The van der Waals surface area contributed by atoms with Gasteiger partial charge in [-0.1, -0.05) is 43.3 Å². The number of anilines is 1. The van der Waals surface area contributed by atoms with Crippen molar-refractivity contribution in [3.8, 4) is 0 Å². The number of hydrogen-bond donors (Lipinski definition) is 1. The van der Waals surface area contributed by atoms with Crippen LogP contribution in [0, 0.1) is 18.8 Å². The van der Waals surface area contributed by atoms with Gasteiger partial charge in [0, 0.05) is 36.9 Å². The lowest BCUT2D eigenvalue weighted by Gasteiger charge is -2.33. The molecule has 0 bridgehead atoms. The zero-order chi connectivity index (χ0) is 19.9. The van der Waals surface area contributed by atoms with Crippen molar-refractivity contribution in [2.24, 2.45) is 11.8 Å². The molecule has 3 rings (SSSR count). The molecule has 1 aromatic carbocycles. The van der Waals surface area contributed by atoms with E-state index in [2.05, 4.69) is 65.2 Å². The molecule has 0 aliphatic carbocycles. The highest BCUT2D eigenvalue weighted by atomic mass is 32.2. The second kappa shape index (κ2) is 9.92. The van der Waals surface area contributed by atoms with Crippen molar-refractivity contribution in [3.63, 3.8) is 0 Å². The number of nitrogens with zero attached hydrogens (tertiary/aromatic N) is 3. The van der Waals surface area contributed by atoms with Crippen LogP contribution in [0.15, 0.2) is 46.6 Å². The summed E-state index contributed by atoms with van der Waals surface area (Å²) in [7, 11) is 0. The third-order valence-corrected chi connectivity index (χ3v) is 5.93. The molecule has 0 saturated carbocycles. The van der Waals surface area contributed by atoms with E-state index in [-0.39, 0.29) is 11.8 Å². The number of piperidine rings is 1. The number of hydrogen-bond acceptors (Lipinski definition) is 5. The first-order valence-corrected chi connectivity index (χ1v) is 10.9. The lowest BCUT2D eigenvalue weighted by molar-refractivity contribution is -0.125. The molecule has 5 nitrogen and oxygen atoms in total. The van der Waals surface area contributed by atoms with Gasteiger partial charge in [-0.3, -0.25) is 4.79 Å². The highest BCUT2D eigenvalue weighted by Gasteiger charge is 2.28. The van der Waals surface area contributed by atoms with Gasteiger partial charge in [0.2, 0.25) is 5.91 Å². The number of nitrogens with one attached hydrogen (secondary N) is 1. The summed E-state index contributed by atoms with van der Waals surface area (Å²) < 4.78 is 0. The van der Waals surface area contributed by atoms with E-state index >= 15 is 0 Å². The molecule has 1 saturated heterocycles. The van der Waals surface area contributed by atoms with Crippen molar-refractivity contribution in [3.05, 3.63) is 42.2 Å². The molecule has 1 aliphatic rings. The zero-order valence-electron chi connectivity index (χ0n) is 17.0. The number of carbonyl (C=O) groups is 1. The molecule has 2 heterocycles. The first-order chi connectivity index (χ1) is 13.5. The number of carbonyl (C=O) groups excluding carboxylic acids is 1. The van der Waals surface area contributed by atoms with Gasteiger partial charge < -0.3 is 10.2 Å². The molecule has 2 aromatic rings. The second-order valence-corrected chi connectivity index (χ2v) is 8.92. The van der Waals surface area contributed by atoms with Crippen molar-refractivity contribution in [1.82, 2.24) is 15.3 Å². The minimum absolute atomic E-state index is 0.0136. The van der Waals surface area contributed by atoms with E-state index in [0.29, 0.717) is 12.5 Å². The summed E-state index contributed by atoms with van der Waals surface area (Å²) in [4.78, 5) is 25.2. The number of amides is 1. The van der Waals surface area contributed by atoms with Crippen LogP contribution < -0.4 is 10.2 Å².